The molecule has 2 bridgehead atoms. The Labute approximate surface area is 227 Å². The van der Waals surface area contributed by atoms with Crippen LogP contribution in [-0.4, -0.2) is 36.0 Å². The molecule has 0 heterocycles. The summed E-state index contributed by atoms with van der Waals surface area (Å²) in [5.74, 6) is -4.32. The number of benzene rings is 3. The van der Waals surface area contributed by atoms with Crippen LogP contribution in [0.1, 0.15) is 32.7 Å². The van der Waals surface area contributed by atoms with E-state index in [-0.39, 0.29) is 51.4 Å². The summed E-state index contributed by atoms with van der Waals surface area (Å²) in [6.07, 6.45) is 4.53. The Kier molecular flexibility index (Phi) is 7.05. The minimum absolute atomic E-state index is 0.00375. The second-order valence-electron chi connectivity index (χ2n) is 9.68. The van der Waals surface area contributed by atoms with Gasteiger partial charge in [0, 0.05) is 23.4 Å². The summed E-state index contributed by atoms with van der Waals surface area (Å²) in [6, 6.07) is 12.9. The van der Waals surface area contributed by atoms with Crippen LogP contribution in [-0.2, 0) is 4.79 Å². The highest BCUT2D eigenvalue weighted by molar-refractivity contribution is 6.00. The molecular formula is C30H23F2N3O5. The number of carbonyl (C=O) groups excluding carboxylic acids is 2. The highest BCUT2D eigenvalue weighted by Crippen LogP contribution is 2.44. The fraction of sp³-hybridized carbons (Fsp3) is 0.200. The number of halogens is 2. The number of anilines is 1. The number of nitrogens with zero attached hydrogens (tertiary/aromatic N) is 1. The number of nitrogens with one attached hydrogen (secondary N) is 2. The van der Waals surface area contributed by atoms with E-state index < -0.39 is 35.5 Å². The van der Waals surface area contributed by atoms with Crippen LogP contribution in [0.5, 0.6) is 5.75 Å². The number of carboxylic acids is 1. The number of methoxy groups -OCH3 is 1. The van der Waals surface area contributed by atoms with Gasteiger partial charge in [-0.2, -0.15) is 5.26 Å². The Morgan fingerprint density at radius 2 is 1.73 bits per heavy atom. The number of rotatable bonds is 7. The zero-order valence-corrected chi connectivity index (χ0v) is 21.2. The summed E-state index contributed by atoms with van der Waals surface area (Å²) < 4.78 is 34.0. The lowest BCUT2D eigenvalue weighted by atomic mass is 9.87. The smallest absolute Gasteiger partial charge is 0.335 e. The molecule has 0 unspecified atom stereocenters. The SMILES string of the molecule is COc1cc(F)c(-c2ccc(C(=O)O)cc2)cc1C(=O)N[C@H]1[C@@H](C(=O)Nc2ccc(F)c(C#N)c2)[C@@H]2C=C[C@H]1C2. The Hall–Kier alpha value is -5.04. The summed E-state index contributed by atoms with van der Waals surface area (Å²) in [5.41, 5.74) is 0.592. The molecule has 0 saturated heterocycles. The van der Waals surface area contributed by atoms with Crippen molar-refractivity contribution in [3.63, 3.8) is 0 Å². The first-order valence-electron chi connectivity index (χ1n) is 12.4. The van der Waals surface area contributed by atoms with E-state index in [1.807, 2.05) is 12.2 Å². The normalized spacial score (nSPS) is 20.6. The average molecular weight is 544 g/mol. The Morgan fingerprint density at radius 1 is 1.00 bits per heavy atom. The summed E-state index contributed by atoms with van der Waals surface area (Å²) in [7, 11) is 1.31. The zero-order valence-electron chi connectivity index (χ0n) is 21.2. The van der Waals surface area contributed by atoms with E-state index in [9.17, 15) is 23.2 Å². The number of ether oxygens (including phenoxy) is 1. The van der Waals surface area contributed by atoms with Gasteiger partial charge in [0.05, 0.1) is 29.7 Å². The Bertz CT molecular complexity index is 1600. The summed E-state index contributed by atoms with van der Waals surface area (Å²) >= 11 is 0. The maximum atomic E-state index is 15.0. The van der Waals surface area contributed by atoms with Crippen LogP contribution >= 0.6 is 0 Å². The molecule has 0 radical (unpaired) electrons. The highest BCUT2D eigenvalue weighted by Gasteiger charge is 2.49. The van der Waals surface area contributed by atoms with Crippen molar-refractivity contribution in [2.45, 2.75) is 12.5 Å². The fourth-order valence-corrected chi connectivity index (χ4v) is 5.43. The van der Waals surface area contributed by atoms with Gasteiger partial charge in [-0.3, -0.25) is 9.59 Å². The van der Waals surface area contributed by atoms with Gasteiger partial charge in [-0.1, -0.05) is 24.3 Å². The lowest BCUT2D eigenvalue weighted by Crippen LogP contribution is -2.47. The lowest BCUT2D eigenvalue weighted by Gasteiger charge is -2.28. The second-order valence-corrected chi connectivity index (χ2v) is 9.68. The topological polar surface area (TPSA) is 129 Å². The van der Waals surface area contributed by atoms with E-state index in [2.05, 4.69) is 10.6 Å². The van der Waals surface area contributed by atoms with E-state index in [1.54, 1.807) is 6.07 Å². The maximum absolute atomic E-state index is 15.0. The molecule has 0 spiro atoms. The number of aromatic carboxylic acids is 1. The number of carbonyl (C=O) groups is 3. The molecule has 2 amide bonds. The molecule has 3 aromatic rings. The van der Waals surface area contributed by atoms with E-state index in [1.165, 1.54) is 49.6 Å². The van der Waals surface area contributed by atoms with Crippen molar-refractivity contribution in [1.82, 2.24) is 5.32 Å². The molecule has 3 N–H and O–H groups in total. The van der Waals surface area contributed by atoms with E-state index >= 15 is 0 Å². The van der Waals surface area contributed by atoms with Gasteiger partial charge in [-0.15, -0.1) is 0 Å². The Balaban J connectivity index is 1.41. The van der Waals surface area contributed by atoms with Crippen LogP contribution in [0.3, 0.4) is 0 Å². The van der Waals surface area contributed by atoms with Crippen LogP contribution in [0.4, 0.5) is 14.5 Å². The minimum Gasteiger partial charge on any atom is -0.496 e. The lowest BCUT2D eigenvalue weighted by molar-refractivity contribution is -0.121. The molecule has 1 saturated carbocycles. The van der Waals surface area contributed by atoms with E-state index in [0.29, 0.717) is 12.0 Å². The average Bonchev–Trinajstić information content (AvgIpc) is 3.56. The van der Waals surface area contributed by atoms with Crippen LogP contribution in [0.2, 0.25) is 0 Å². The Morgan fingerprint density at radius 3 is 2.40 bits per heavy atom. The van der Waals surface area contributed by atoms with Gasteiger partial charge in [-0.25, -0.2) is 13.6 Å². The molecule has 202 valence electrons. The largest absolute Gasteiger partial charge is 0.496 e. The molecule has 8 nitrogen and oxygen atoms in total. The standard InChI is InChI=1S/C30H23F2N3O5/c1-40-25-13-24(32)21(15-2-4-16(5-3-15)30(38)39)12-22(25)28(36)35-27-18-7-6-17(10-18)26(27)29(37)34-20-8-9-23(31)19(11-20)14-33/h2-9,11-13,17-18,26-27H,10H2,1H3,(H,34,37)(H,35,36)(H,38,39)/t17-,18+,26+,27-/m1/s1. The number of carboxylic acid groups (broad SMARTS) is 1. The monoisotopic (exact) mass is 543 g/mol. The van der Waals surface area contributed by atoms with Crippen LogP contribution in [0.15, 0.2) is 66.7 Å². The van der Waals surface area contributed by atoms with Crippen molar-refractivity contribution in [3.05, 3.63) is 95.1 Å². The van der Waals surface area contributed by atoms with Gasteiger partial charge in [0.2, 0.25) is 5.91 Å². The number of amides is 2. The highest BCUT2D eigenvalue weighted by atomic mass is 19.1. The van der Waals surface area contributed by atoms with Crippen LogP contribution in [0, 0.1) is 40.7 Å². The molecule has 3 aromatic carbocycles. The zero-order chi connectivity index (χ0) is 28.6. The molecule has 2 aliphatic carbocycles. The van der Waals surface area contributed by atoms with Gasteiger partial charge >= 0.3 is 5.97 Å². The minimum atomic E-state index is -1.12. The van der Waals surface area contributed by atoms with Crippen molar-refractivity contribution < 1.29 is 33.0 Å². The fourth-order valence-electron chi connectivity index (χ4n) is 5.43. The van der Waals surface area contributed by atoms with Crippen molar-refractivity contribution in [2.75, 3.05) is 12.4 Å². The van der Waals surface area contributed by atoms with Crippen molar-refractivity contribution in [2.24, 2.45) is 17.8 Å². The number of fused-ring (bicyclic) bond motifs is 2. The maximum Gasteiger partial charge on any atom is 0.335 e. The number of allylic oxidation sites excluding steroid dienone is 1. The predicted molar refractivity (Wildman–Crippen MR) is 141 cm³/mol. The van der Waals surface area contributed by atoms with Crippen molar-refractivity contribution in [1.29, 1.82) is 5.26 Å². The molecule has 10 heteroatoms. The van der Waals surface area contributed by atoms with Crippen LogP contribution in [0.25, 0.3) is 11.1 Å². The molecule has 0 aliphatic heterocycles. The van der Waals surface area contributed by atoms with Gasteiger partial charge in [-0.05, 0) is 60.2 Å². The third-order valence-corrected chi connectivity index (χ3v) is 7.39. The first-order valence-corrected chi connectivity index (χ1v) is 12.4. The predicted octanol–water partition coefficient (Wildman–Crippen LogP) is 4.77. The molecule has 2 aliphatic rings. The van der Waals surface area contributed by atoms with E-state index in [0.717, 1.165) is 12.1 Å². The summed E-state index contributed by atoms with van der Waals surface area (Å²) in [5, 5.41) is 23.9. The number of hydrogen-bond acceptors (Lipinski definition) is 5. The number of nitriles is 1. The van der Waals surface area contributed by atoms with E-state index in [4.69, 9.17) is 15.1 Å². The van der Waals surface area contributed by atoms with Crippen LogP contribution < -0.4 is 15.4 Å². The summed E-state index contributed by atoms with van der Waals surface area (Å²) in [4.78, 5) is 38.0. The molecule has 1 fully saturated rings. The molecule has 5 rings (SSSR count). The second kappa shape index (κ2) is 10.6. The first kappa shape index (κ1) is 26.6. The summed E-state index contributed by atoms with van der Waals surface area (Å²) in [6.45, 7) is 0. The molecular weight excluding hydrogens is 520 g/mol. The van der Waals surface area contributed by atoms with Gasteiger partial charge in [0.25, 0.3) is 5.91 Å². The first-order chi connectivity index (χ1) is 19.2. The number of hydrogen-bond donors (Lipinski definition) is 3. The van der Waals surface area contributed by atoms with Gasteiger partial charge in [0.15, 0.2) is 0 Å². The molecule has 4 atom stereocenters. The van der Waals surface area contributed by atoms with Gasteiger partial charge in [0.1, 0.15) is 23.5 Å². The van der Waals surface area contributed by atoms with Gasteiger partial charge < -0.3 is 20.5 Å². The quantitative estimate of drug-likeness (QED) is 0.369. The van der Waals surface area contributed by atoms with Crippen molar-refractivity contribution in [3.8, 4) is 22.9 Å². The molecule has 40 heavy (non-hydrogen) atoms. The van der Waals surface area contributed by atoms with Crippen molar-refractivity contribution >= 4 is 23.5 Å². The third-order valence-electron chi connectivity index (χ3n) is 7.39. The third kappa shape index (κ3) is 4.89. The molecule has 0 aromatic heterocycles.